The van der Waals surface area contributed by atoms with E-state index in [1.807, 2.05) is 18.2 Å². The van der Waals surface area contributed by atoms with E-state index >= 15 is 0 Å². The smallest absolute Gasteiger partial charge is 0.192 e. The maximum atomic E-state index is 10.3. The second-order valence-corrected chi connectivity index (χ2v) is 14.0. The van der Waals surface area contributed by atoms with Crippen LogP contribution in [0.2, 0.25) is 18.1 Å². The fourth-order valence-corrected chi connectivity index (χ4v) is 4.72. The maximum absolute atomic E-state index is 10.3. The number of hydrogen-bond acceptors (Lipinski definition) is 3. The largest absolute Gasteiger partial charge is 0.416 e. The molecule has 4 atom stereocenters. The van der Waals surface area contributed by atoms with Crippen LogP contribution in [0.15, 0.2) is 30.3 Å². The van der Waals surface area contributed by atoms with Crippen LogP contribution in [-0.4, -0.2) is 32.2 Å². The highest BCUT2D eigenvalue weighted by Crippen LogP contribution is 2.65. The molecule has 2 fully saturated rings. The average molecular weight is 349 g/mol. The quantitative estimate of drug-likeness (QED) is 0.776. The van der Waals surface area contributed by atoms with Crippen molar-refractivity contribution in [3.8, 4) is 0 Å². The Morgan fingerprint density at radius 3 is 2.46 bits per heavy atom. The number of hydrogen-bond donors (Lipinski definition) is 1. The van der Waals surface area contributed by atoms with Gasteiger partial charge in [0.15, 0.2) is 8.32 Å². The topological polar surface area (TPSA) is 38.7 Å². The lowest BCUT2D eigenvalue weighted by atomic mass is 10.0. The number of benzene rings is 1. The van der Waals surface area contributed by atoms with E-state index in [0.717, 1.165) is 19.4 Å². The van der Waals surface area contributed by atoms with Gasteiger partial charge < -0.3 is 14.3 Å². The van der Waals surface area contributed by atoms with Gasteiger partial charge in [-0.15, -0.1) is 0 Å². The highest BCUT2D eigenvalue weighted by Gasteiger charge is 2.68. The summed E-state index contributed by atoms with van der Waals surface area (Å²) in [7, 11) is -1.77. The van der Waals surface area contributed by atoms with Crippen LogP contribution < -0.4 is 0 Å². The molecule has 2 saturated carbocycles. The molecule has 24 heavy (non-hydrogen) atoms. The van der Waals surface area contributed by atoms with Gasteiger partial charge in [-0.25, -0.2) is 0 Å². The van der Waals surface area contributed by atoms with Crippen molar-refractivity contribution in [3.63, 3.8) is 0 Å². The molecule has 0 bridgehead atoms. The summed E-state index contributed by atoms with van der Waals surface area (Å²) in [6.07, 6.45) is 1.68. The Morgan fingerprint density at radius 2 is 1.88 bits per heavy atom. The van der Waals surface area contributed by atoms with E-state index in [9.17, 15) is 5.11 Å². The number of ether oxygens (including phenoxy) is 1. The van der Waals surface area contributed by atoms with E-state index in [4.69, 9.17) is 9.16 Å². The zero-order valence-corrected chi connectivity index (χ0v) is 16.7. The molecule has 3 rings (SSSR count). The van der Waals surface area contributed by atoms with E-state index in [2.05, 4.69) is 46.0 Å². The van der Waals surface area contributed by atoms with Crippen molar-refractivity contribution in [2.24, 2.45) is 11.3 Å². The van der Waals surface area contributed by atoms with Gasteiger partial charge in [0.2, 0.25) is 0 Å². The molecule has 3 nitrogen and oxygen atoms in total. The molecule has 0 aromatic heterocycles. The van der Waals surface area contributed by atoms with Crippen LogP contribution in [-0.2, 0) is 15.8 Å². The summed E-state index contributed by atoms with van der Waals surface area (Å²) in [5, 5.41) is 10.6. The van der Waals surface area contributed by atoms with E-state index in [1.54, 1.807) is 0 Å². The van der Waals surface area contributed by atoms with E-state index in [0.29, 0.717) is 12.5 Å². The predicted molar refractivity (Wildman–Crippen MR) is 99.3 cm³/mol. The summed E-state index contributed by atoms with van der Waals surface area (Å²) in [6.45, 7) is 12.8. The van der Waals surface area contributed by atoms with Crippen molar-refractivity contribution in [2.75, 3.05) is 6.61 Å². The van der Waals surface area contributed by atoms with Crippen molar-refractivity contribution in [1.82, 2.24) is 0 Å². The van der Waals surface area contributed by atoms with Crippen molar-refractivity contribution < 1.29 is 14.3 Å². The first-order valence-electron chi connectivity index (χ1n) is 9.13. The number of fused-ring (bicyclic) bond motifs is 1. The first-order chi connectivity index (χ1) is 11.2. The normalized spacial score (nSPS) is 32.7. The molecule has 1 aromatic rings. The van der Waals surface area contributed by atoms with Crippen LogP contribution >= 0.6 is 0 Å². The minimum Gasteiger partial charge on any atom is -0.416 e. The minimum absolute atomic E-state index is 0.0454. The summed E-state index contributed by atoms with van der Waals surface area (Å²) in [5.41, 5.74) is 1.24. The first-order valence-corrected chi connectivity index (χ1v) is 12.0. The van der Waals surface area contributed by atoms with Gasteiger partial charge >= 0.3 is 0 Å². The fourth-order valence-electron chi connectivity index (χ4n) is 3.65. The molecule has 0 radical (unpaired) electrons. The summed E-state index contributed by atoms with van der Waals surface area (Å²) in [5.74, 6) is 0.364. The van der Waals surface area contributed by atoms with Gasteiger partial charge in [-0.2, -0.15) is 0 Å². The van der Waals surface area contributed by atoms with Gasteiger partial charge in [-0.3, -0.25) is 0 Å². The third-order valence-corrected chi connectivity index (χ3v) is 11.0. The fraction of sp³-hybridized carbons (Fsp3) is 0.700. The molecule has 0 amide bonds. The van der Waals surface area contributed by atoms with E-state index < -0.39 is 8.32 Å². The van der Waals surface area contributed by atoms with Gasteiger partial charge in [0.05, 0.1) is 18.8 Å². The van der Waals surface area contributed by atoms with Crippen molar-refractivity contribution in [2.45, 2.75) is 70.6 Å². The van der Waals surface area contributed by atoms with Crippen LogP contribution in [0, 0.1) is 11.3 Å². The Bertz CT molecular complexity index is 566. The van der Waals surface area contributed by atoms with Gasteiger partial charge in [0.1, 0.15) is 0 Å². The average Bonchev–Trinajstić information content (AvgIpc) is 3.19. The van der Waals surface area contributed by atoms with E-state index in [1.165, 1.54) is 5.56 Å². The standard InChI is InChI=1S/C20H32O3Si/c1-19(2,3)24(4,5)23-14-20-12-16(20)17(21)11-18(20)22-13-15-9-7-6-8-10-15/h6-10,16-18,21H,11-14H2,1-5H3/t16-,17-,18+,20+/m1/s1. The lowest BCUT2D eigenvalue weighted by Crippen LogP contribution is -2.43. The van der Waals surface area contributed by atoms with Gasteiger partial charge in [0, 0.05) is 18.4 Å². The number of rotatable bonds is 6. The molecule has 4 heteroatoms. The zero-order valence-electron chi connectivity index (χ0n) is 15.7. The lowest BCUT2D eigenvalue weighted by Gasteiger charge is -2.38. The maximum Gasteiger partial charge on any atom is 0.192 e. The van der Waals surface area contributed by atoms with Crippen molar-refractivity contribution >= 4 is 8.32 Å². The van der Waals surface area contributed by atoms with Crippen LogP contribution in [0.5, 0.6) is 0 Å². The molecule has 0 unspecified atom stereocenters. The molecule has 1 aromatic carbocycles. The van der Waals surface area contributed by atoms with Crippen molar-refractivity contribution in [3.05, 3.63) is 35.9 Å². The molecular weight excluding hydrogens is 316 g/mol. The molecule has 1 N–H and O–H groups in total. The monoisotopic (exact) mass is 348 g/mol. The molecular formula is C20H32O3Si. The lowest BCUT2D eigenvalue weighted by molar-refractivity contribution is -0.0232. The third kappa shape index (κ3) is 3.34. The second kappa shape index (κ2) is 6.24. The molecule has 134 valence electrons. The molecule has 2 aliphatic carbocycles. The molecule has 2 aliphatic rings. The van der Waals surface area contributed by atoms with Crippen LogP contribution in [0.4, 0.5) is 0 Å². The van der Waals surface area contributed by atoms with Gasteiger partial charge in [-0.05, 0) is 36.0 Å². The Labute approximate surface area is 147 Å². The third-order valence-electron chi connectivity index (χ3n) is 6.54. The zero-order chi connectivity index (χ0) is 17.6. The number of aliphatic hydroxyl groups excluding tert-OH is 1. The van der Waals surface area contributed by atoms with Gasteiger partial charge in [-0.1, -0.05) is 51.1 Å². The number of aliphatic hydroxyl groups is 1. The predicted octanol–water partition coefficient (Wildman–Crippen LogP) is 4.36. The Hall–Kier alpha value is -0.683. The molecule has 0 spiro atoms. The van der Waals surface area contributed by atoms with Crippen molar-refractivity contribution in [1.29, 1.82) is 0 Å². The Morgan fingerprint density at radius 1 is 1.21 bits per heavy atom. The van der Waals surface area contributed by atoms with Crippen LogP contribution in [0.3, 0.4) is 0 Å². The second-order valence-electron chi connectivity index (χ2n) is 9.18. The van der Waals surface area contributed by atoms with Gasteiger partial charge in [0.25, 0.3) is 0 Å². The Kier molecular flexibility index (Phi) is 4.71. The molecule has 0 aliphatic heterocycles. The summed E-state index contributed by atoms with van der Waals surface area (Å²) in [6, 6.07) is 10.3. The molecule has 0 saturated heterocycles. The SMILES string of the molecule is CC(C)(C)[Si](C)(C)OC[C@@]12C[C@@H]1[C@H](O)C[C@@H]2OCc1ccccc1. The highest BCUT2D eigenvalue weighted by atomic mass is 28.4. The van der Waals surface area contributed by atoms with Crippen LogP contribution in [0.1, 0.15) is 39.2 Å². The summed E-state index contributed by atoms with van der Waals surface area (Å²) < 4.78 is 12.7. The first kappa shape index (κ1) is 18.1. The van der Waals surface area contributed by atoms with Crippen LogP contribution in [0.25, 0.3) is 0 Å². The summed E-state index contributed by atoms with van der Waals surface area (Å²) in [4.78, 5) is 0. The minimum atomic E-state index is -1.77. The Balaban J connectivity index is 1.63. The van der Waals surface area contributed by atoms with E-state index in [-0.39, 0.29) is 22.7 Å². The molecule has 0 heterocycles. The summed E-state index contributed by atoms with van der Waals surface area (Å²) >= 11 is 0. The highest BCUT2D eigenvalue weighted by molar-refractivity contribution is 6.74.